The lowest BCUT2D eigenvalue weighted by Crippen LogP contribution is -2.28. The van der Waals surface area contributed by atoms with E-state index in [2.05, 4.69) is 52.2 Å². The first-order valence-electron chi connectivity index (χ1n) is 5.78. The van der Waals surface area contributed by atoms with Gasteiger partial charge in [0.05, 0.1) is 0 Å². The van der Waals surface area contributed by atoms with Gasteiger partial charge in [-0.1, -0.05) is 25.0 Å². The van der Waals surface area contributed by atoms with Crippen molar-refractivity contribution in [1.82, 2.24) is 5.32 Å². The molecule has 1 aromatic carbocycles. The van der Waals surface area contributed by atoms with Gasteiger partial charge in [0.2, 0.25) is 5.91 Å². The summed E-state index contributed by atoms with van der Waals surface area (Å²) in [5.41, 5.74) is 1.17. The number of hydrogen-bond donors (Lipinski definition) is 1. The second kappa shape index (κ2) is 5.66. The molecule has 0 aliphatic heterocycles. The van der Waals surface area contributed by atoms with E-state index in [1.807, 2.05) is 0 Å². The maximum Gasteiger partial charge on any atom is 0.223 e. The van der Waals surface area contributed by atoms with Crippen molar-refractivity contribution < 1.29 is 4.79 Å². The molecule has 2 nitrogen and oxygen atoms in total. The minimum Gasteiger partial charge on any atom is -0.352 e. The van der Waals surface area contributed by atoms with Crippen molar-refractivity contribution in [2.24, 2.45) is 5.92 Å². The highest BCUT2D eigenvalue weighted by atomic mass is 127. The van der Waals surface area contributed by atoms with Crippen LogP contribution < -0.4 is 5.32 Å². The molecule has 0 unspecified atom stereocenters. The fraction of sp³-hybridized carbons (Fsp3) is 0.462. The van der Waals surface area contributed by atoms with Gasteiger partial charge < -0.3 is 5.32 Å². The first kappa shape index (κ1) is 11.9. The number of rotatable bonds is 3. The van der Waals surface area contributed by atoms with Crippen molar-refractivity contribution in [1.29, 1.82) is 0 Å². The van der Waals surface area contributed by atoms with Gasteiger partial charge in [-0.2, -0.15) is 0 Å². The normalized spacial score (nSPS) is 16.3. The van der Waals surface area contributed by atoms with Crippen LogP contribution in [0.2, 0.25) is 0 Å². The number of nitrogens with one attached hydrogen (secondary N) is 1. The van der Waals surface area contributed by atoms with Crippen LogP contribution in [0.15, 0.2) is 24.3 Å². The minimum absolute atomic E-state index is 0.232. The summed E-state index contributed by atoms with van der Waals surface area (Å²) >= 11 is 2.28. The van der Waals surface area contributed by atoms with Crippen molar-refractivity contribution in [2.45, 2.75) is 32.2 Å². The molecule has 0 spiro atoms. The van der Waals surface area contributed by atoms with Gasteiger partial charge in [-0.3, -0.25) is 4.79 Å². The Labute approximate surface area is 110 Å². The van der Waals surface area contributed by atoms with Crippen LogP contribution >= 0.6 is 22.6 Å². The second-order valence-corrected chi connectivity index (χ2v) is 5.57. The molecule has 1 aliphatic carbocycles. The molecule has 1 N–H and O–H groups in total. The second-order valence-electron chi connectivity index (χ2n) is 4.33. The average Bonchev–Trinajstić information content (AvgIpc) is 2.81. The predicted octanol–water partition coefficient (Wildman–Crippen LogP) is 3.10. The summed E-state index contributed by atoms with van der Waals surface area (Å²) < 4.78 is 1.23. The molecule has 1 saturated carbocycles. The highest BCUT2D eigenvalue weighted by Crippen LogP contribution is 2.24. The van der Waals surface area contributed by atoms with Gasteiger partial charge in [0.25, 0.3) is 0 Å². The Morgan fingerprint density at radius 3 is 2.50 bits per heavy atom. The van der Waals surface area contributed by atoms with Gasteiger partial charge in [-0.25, -0.2) is 0 Å². The summed E-state index contributed by atoms with van der Waals surface area (Å²) in [6, 6.07) is 8.27. The third-order valence-electron chi connectivity index (χ3n) is 3.11. The minimum atomic E-state index is 0.232. The zero-order chi connectivity index (χ0) is 11.4. The van der Waals surface area contributed by atoms with Crippen molar-refractivity contribution in [2.75, 3.05) is 0 Å². The van der Waals surface area contributed by atoms with E-state index in [0.717, 1.165) is 12.8 Å². The van der Waals surface area contributed by atoms with Crippen LogP contribution in [0, 0.1) is 9.49 Å². The smallest absolute Gasteiger partial charge is 0.223 e. The van der Waals surface area contributed by atoms with E-state index >= 15 is 0 Å². The molecule has 0 heterocycles. The topological polar surface area (TPSA) is 29.1 Å². The molecule has 0 aromatic heterocycles. The number of carbonyl (C=O) groups excluding carboxylic acids is 1. The van der Waals surface area contributed by atoms with Gasteiger partial charge in [-0.15, -0.1) is 0 Å². The SMILES string of the molecule is O=C(NCc1ccc(I)cc1)C1CCCC1. The van der Waals surface area contributed by atoms with Gasteiger partial charge in [0.15, 0.2) is 0 Å². The van der Waals surface area contributed by atoms with Crippen molar-refractivity contribution in [3.05, 3.63) is 33.4 Å². The summed E-state index contributed by atoms with van der Waals surface area (Å²) in [5, 5.41) is 3.02. The third kappa shape index (κ3) is 3.20. The largest absolute Gasteiger partial charge is 0.352 e. The summed E-state index contributed by atoms with van der Waals surface area (Å²) in [6.07, 6.45) is 4.56. The zero-order valence-corrected chi connectivity index (χ0v) is 11.4. The number of carbonyl (C=O) groups is 1. The molecule has 2 rings (SSSR count). The number of amides is 1. The van der Waals surface area contributed by atoms with Crippen LogP contribution in [0.4, 0.5) is 0 Å². The standard InChI is InChI=1S/C13H16INO/c14-12-7-5-10(6-8-12)9-15-13(16)11-3-1-2-4-11/h5-8,11H,1-4,9H2,(H,15,16). The molecular formula is C13H16INO. The van der Waals surface area contributed by atoms with Crippen molar-refractivity contribution >= 4 is 28.5 Å². The molecular weight excluding hydrogens is 313 g/mol. The first-order chi connectivity index (χ1) is 7.75. The Hall–Kier alpha value is -0.580. The lowest BCUT2D eigenvalue weighted by atomic mass is 10.1. The van der Waals surface area contributed by atoms with Gasteiger partial charge in [0, 0.05) is 16.0 Å². The monoisotopic (exact) mass is 329 g/mol. The van der Waals surface area contributed by atoms with Crippen LogP contribution in [0.25, 0.3) is 0 Å². The Morgan fingerprint density at radius 2 is 1.88 bits per heavy atom. The number of halogens is 1. The van der Waals surface area contributed by atoms with E-state index in [1.165, 1.54) is 22.0 Å². The third-order valence-corrected chi connectivity index (χ3v) is 3.83. The summed E-state index contributed by atoms with van der Waals surface area (Å²) in [5.74, 6) is 0.500. The Balaban J connectivity index is 1.82. The molecule has 0 radical (unpaired) electrons. The first-order valence-corrected chi connectivity index (χ1v) is 6.86. The molecule has 16 heavy (non-hydrogen) atoms. The summed E-state index contributed by atoms with van der Waals surface area (Å²) in [7, 11) is 0. The molecule has 3 heteroatoms. The van der Waals surface area contributed by atoms with Crippen LogP contribution in [0.1, 0.15) is 31.2 Å². The van der Waals surface area contributed by atoms with E-state index in [9.17, 15) is 4.79 Å². The molecule has 1 aromatic rings. The fourth-order valence-electron chi connectivity index (χ4n) is 2.12. The number of benzene rings is 1. The molecule has 0 bridgehead atoms. The molecule has 1 amide bonds. The van der Waals surface area contributed by atoms with Gasteiger partial charge >= 0.3 is 0 Å². The van der Waals surface area contributed by atoms with E-state index in [0.29, 0.717) is 6.54 Å². The van der Waals surface area contributed by atoms with Crippen molar-refractivity contribution in [3.8, 4) is 0 Å². The quantitative estimate of drug-likeness (QED) is 0.849. The predicted molar refractivity (Wildman–Crippen MR) is 73.0 cm³/mol. The van der Waals surface area contributed by atoms with E-state index in [-0.39, 0.29) is 11.8 Å². The van der Waals surface area contributed by atoms with Crippen LogP contribution in [-0.2, 0) is 11.3 Å². The van der Waals surface area contributed by atoms with Gasteiger partial charge in [-0.05, 0) is 53.1 Å². The fourth-order valence-corrected chi connectivity index (χ4v) is 2.48. The van der Waals surface area contributed by atoms with Gasteiger partial charge in [0.1, 0.15) is 0 Å². The molecule has 1 fully saturated rings. The molecule has 86 valence electrons. The Morgan fingerprint density at radius 1 is 1.25 bits per heavy atom. The van der Waals surface area contributed by atoms with Crippen molar-refractivity contribution in [3.63, 3.8) is 0 Å². The Bertz CT molecular complexity index is 355. The lowest BCUT2D eigenvalue weighted by molar-refractivity contribution is -0.124. The van der Waals surface area contributed by atoms with E-state index < -0.39 is 0 Å². The van der Waals surface area contributed by atoms with Crippen LogP contribution in [0.5, 0.6) is 0 Å². The van der Waals surface area contributed by atoms with Crippen LogP contribution in [0.3, 0.4) is 0 Å². The highest BCUT2D eigenvalue weighted by molar-refractivity contribution is 14.1. The maximum atomic E-state index is 11.8. The maximum absolute atomic E-state index is 11.8. The summed E-state index contributed by atoms with van der Waals surface area (Å²) in [4.78, 5) is 11.8. The zero-order valence-electron chi connectivity index (χ0n) is 9.21. The summed E-state index contributed by atoms with van der Waals surface area (Å²) in [6.45, 7) is 0.659. The van der Waals surface area contributed by atoms with E-state index in [1.54, 1.807) is 0 Å². The lowest BCUT2D eigenvalue weighted by Gasteiger charge is -2.10. The molecule has 0 atom stereocenters. The van der Waals surface area contributed by atoms with E-state index in [4.69, 9.17) is 0 Å². The molecule has 0 saturated heterocycles. The number of hydrogen-bond acceptors (Lipinski definition) is 1. The highest BCUT2D eigenvalue weighted by Gasteiger charge is 2.21. The van der Waals surface area contributed by atoms with Crippen LogP contribution in [-0.4, -0.2) is 5.91 Å². The molecule has 1 aliphatic rings. The average molecular weight is 329 g/mol. The Kier molecular flexibility index (Phi) is 4.21.